The second-order valence-corrected chi connectivity index (χ2v) is 17.5. The van der Waals surface area contributed by atoms with Crippen LogP contribution in [-0.4, -0.2) is 73.4 Å². The second-order valence-electron chi connectivity index (χ2n) is 16.0. The maximum absolute atomic E-state index is 12.8. The molecule has 0 aromatic carbocycles. The summed E-state index contributed by atoms with van der Waals surface area (Å²) in [7, 11) is 1.53. The fourth-order valence-electron chi connectivity index (χ4n) is 5.93. The highest BCUT2D eigenvalue weighted by Gasteiger charge is 2.27. The molecule has 0 saturated carbocycles. The van der Waals surface area contributed by atoms with E-state index in [2.05, 4.69) is 55.6 Å². The van der Waals surface area contributed by atoms with Crippen LogP contribution in [0.25, 0.3) is 0 Å². The molecule has 0 aromatic heterocycles. The summed E-state index contributed by atoms with van der Waals surface area (Å²) in [4.78, 5) is 23.0. The predicted octanol–water partition coefficient (Wildman–Crippen LogP) is 12.1. The van der Waals surface area contributed by atoms with Gasteiger partial charge in [-0.05, 0) is 64.2 Å². The molecule has 316 valence electrons. The molecule has 0 heterocycles. The van der Waals surface area contributed by atoms with Gasteiger partial charge < -0.3 is 19.8 Å². The van der Waals surface area contributed by atoms with Crippen LogP contribution in [0.1, 0.15) is 181 Å². The summed E-state index contributed by atoms with van der Waals surface area (Å²) < 4.78 is 23.5. The number of aliphatic hydroxyl groups is 1. The molecule has 0 spiro atoms. The average Bonchev–Trinajstić information content (AvgIpc) is 3.12. The Morgan fingerprint density at radius 1 is 0.611 bits per heavy atom. The van der Waals surface area contributed by atoms with Crippen molar-refractivity contribution >= 4 is 13.7 Å². The first kappa shape index (κ1) is 52.5. The van der Waals surface area contributed by atoms with Gasteiger partial charge in [-0.25, -0.2) is 4.57 Å². The lowest BCUT2D eigenvalue weighted by Crippen LogP contribution is -2.45. The summed E-state index contributed by atoms with van der Waals surface area (Å²) in [6, 6.07) is -0.873. The number of rotatable bonds is 39. The van der Waals surface area contributed by atoms with Crippen molar-refractivity contribution in [3.05, 3.63) is 48.6 Å². The number of likely N-dealkylation sites (N-methyl/N-ethyl adjacent to an activating group) is 1. The Bertz CT molecular complexity index is 1020. The van der Waals surface area contributed by atoms with Crippen LogP contribution in [0.4, 0.5) is 0 Å². The minimum atomic E-state index is -4.35. The van der Waals surface area contributed by atoms with Crippen LogP contribution in [0.2, 0.25) is 0 Å². The zero-order valence-electron chi connectivity index (χ0n) is 35.7. The molecule has 1 amide bonds. The lowest BCUT2D eigenvalue weighted by Gasteiger charge is -2.25. The van der Waals surface area contributed by atoms with Gasteiger partial charge in [0.25, 0.3) is 0 Å². The Hall–Kier alpha value is -1.54. The molecule has 0 radical (unpaired) electrons. The van der Waals surface area contributed by atoms with Crippen LogP contribution in [-0.2, 0) is 18.4 Å². The molecule has 0 fully saturated rings. The molecule has 0 saturated heterocycles. The van der Waals surface area contributed by atoms with Crippen LogP contribution in [0.3, 0.4) is 0 Å². The largest absolute Gasteiger partial charge is 0.472 e. The third kappa shape index (κ3) is 38.7. The van der Waals surface area contributed by atoms with Crippen LogP contribution < -0.4 is 5.32 Å². The minimum Gasteiger partial charge on any atom is -0.387 e. The van der Waals surface area contributed by atoms with Crippen molar-refractivity contribution in [2.24, 2.45) is 0 Å². The number of hydrogen-bond donors (Lipinski definition) is 3. The number of phosphoric ester groups is 1. The molecule has 0 aliphatic rings. The third-order valence-corrected chi connectivity index (χ3v) is 10.5. The molecule has 0 aromatic rings. The third-order valence-electron chi connectivity index (χ3n) is 9.50. The quantitative estimate of drug-likeness (QED) is 0.0248. The smallest absolute Gasteiger partial charge is 0.387 e. The number of nitrogens with one attached hydrogen (secondary N) is 1. The number of quaternary nitrogens is 1. The van der Waals surface area contributed by atoms with Crippen molar-refractivity contribution < 1.29 is 32.9 Å². The number of hydrogen-bond acceptors (Lipinski definition) is 5. The Balaban J connectivity index is 4.44. The van der Waals surface area contributed by atoms with E-state index < -0.39 is 20.0 Å². The highest BCUT2D eigenvalue weighted by molar-refractivity contribution is 7.47. The maximum atomic E-state index is 12.8. The number of amides is 1. The van der Waals surface area contributed by atoms with E-state index in [0.717, 1.165) is 64.2 Å². The Morgan fingerprint density at radius 3 is 1.54 bits per heavy atom. The number of phosphoric acid groups is 1. The second kappa shape index (κ2) is 37.1. The van der Waals surface area contributed by atoms with Gasteiger partial charge in [-0.2, -0.15) is 0 Å². The lowest BCUT2D eigenvalue weighted by molar-refractivity contribution is -0.870. The predicted molar refractivity (Wildman–Crippen MR) is 231 cm³/mol. The fraction of sp³-hybridized carbons (Fsp3) is 0.800. The van der Waals surface area contributed by atoms with Gasteiger partial charge in [-0.3, -0.25) is 13.8 Å². The van der Waals surface area contributed by atoms with Gasteiger partial charge in [0.05, 0.1) is 39.9 Å². The monoisotopic (exact) mass is 782 g/mol. The molecule has 0 rings (SSSR count). The fourth-order valence-corrected chi connectivity index (χ4v) is 6.67. The van der Waals surface area contributed by atoms with Crippen molar-refractivity contribution in [2.75, 3.05) is 40.9 Å². The van der Waals surface area contributed by atoms with Crippen LogP contribution >= 0.6 is 7.82 Å². The van der Waals surface area contributed by atoms with E-state index in [1.165, 1.54) is 96.3 Å². The molecule has 0 aliphatic carbocycles. The molecule has 0 bridgehead atoms. The highest BCUT2D eigenvalue weighted by atomic mass is 31.2. The number of carbonyl (C=O) groups is 1. The van der Waals surface area contributed by atoms with Crippen LogP contribution in [0, 0.1) is 0 Å². The number of allylic oxidation sites excluding steroid dienone is 7. The van der Waals surface area contributed by atoms with E-state index in [0.29, 0.717) is 17.4 Å². The van der Waals surface area contributed by atoms with Gasteiger partial charge in [0, 0.05) is 6.42 Å². The molecule has 54 heavy (non-hydrogen) atoms. The summed E-state index contributed by atoms with van der Waals surface area (Å²) in [6.45, 7) is 4.71. The summed E-state index contributed by atoms with van der Waals surface area (Å²) in [6.07, 6.45) is 46.3. The molecule has 3 N–H and O–H groups in total. The topological polar surface area (TPSA) is 105 Å². The van der Waals surface area contributed by atoms with E-state index in [9.17, 15) is 19.4 Å². The number of nitrogens with zero attached hydrogens (tertiary/aromatic N) is 1. The molecular weight excluding hydrogens is 695 g/mol. The molecular formula is C45H86N2O6P+. The van der Waals surface area contributed by atoms with Crippen molar-refractivity contribution in [2.45, 2.75) is 193 Å². The SMILES string of the molecule is CCCC/C=C\CCCCCCC(=O)NC(COP(=O)(O)OCC[N+](C)(C)C)C(O)/C=C/CC/C=C/CC/C=C/CCCCCCCCCCCCCC. The van der Waals surface area contributed by atoms with Crippen molar-refractivity contribution in [3.8, 4) is 0 Å². The van der Waals surface area contributed by atoms with Crippen molar-refractivity contribution in [1.29, 1.82) is 0 Å². The molecule has 0 aliphatic heterocycles. The Kier molecular flexibility index (Phi) is 36.0. The van der Waals surface area contributed by atoms with Crippen LogP contribution in [0.15, 0.2) is 48.6 Å². The minimum absolute atomic E-state index is 0.0502. The summed E-state index contributed by atoms with van der Waals surface area (Å²) in [5.74, 6) is -0.208. The van der Waals surface area contributed by atoms with E-state index in [1.807, 2.05) is 27.2 Å². The van der Waals surface area contributed by atoms with Gasteiger partial charge >= 0.3 is 7.82 Å². The first-order valence-corrected chi connectivity index (χ1v) is 23.5. The summed E-state index contributed by atoms with van der Waals surface area (Å²) >= 11 is 0. The zero-order valence-corrected chi connectivity index (χ0v) is 36.6. The normalized spacial score (nSPS) is 14.9. The molecule has 3 atom stereocenters. The van der Waals surface area contributed by atoms with Gasteiger partial charge in [0.2, 0.25) is 5.91 Å². The maximum Gasteiger partial charge on any atom is 0.472 e. The molecule has 9 heteroatoms. The molecule has 3 unspecified atom stereocenters. The number of carbonyl (C=O) groups excluding carboxylic acids is 1. The van der Waals surface area contributed by atoms with Crippen molar-refractivity contribution in [1.82, 2.24) is 5.32 Å². The number of unbranched alkanes of at least 4 members (excludes halogenated alkanes) is 20. The van der Waals surface area contributed by atoms with Gasteiger partial charge in [0.15, 0.2) is 0 Å². The van der Waals surface area contributed by atoms with E-state index >= 15 is 0 Å². The average molecular weight is 782 g/mol. The number of aliphatic hydroxyl groups excluding tert-OH is 1. The van der Waals surface area contributed by atoms with Gasteiger partial charge in [-0.15, -0.1) is 0 Å². The van der Waals surface area contributed by atoms with Gasteiger partial charge in [-0.1, -0.05) is 159 Å². The lowest BCUT2D eigenvalue weighted by atomic mass is 10.0. The van der Waals surface area contributed by atoms with Crippen molar-refractivity contribution in [3.63, 3.8) is 0 Å². The first-order valence-electron chi connectivity index (χ1n) is 22.0. The zero-order chi connectivity index (χ0) is 40.0. The van der Waals surface area contributed by atoms with E-state index in [4.69, 9.17) is 9.05 Å². The summed E-state index contributed by atoms with van der Waals surface area (Å²) in [5, 5.41) is 13.7. The Morgan fingerprint density at radius 2 is 1.04 bits per heavy atom. The van der Waals surface area contributed by atoms with E-state index in [-0.39, 0.29) is 19.1 Å². The first-order chi connectivity index (χ1) is 26.0. The standard InChI is InChI=1S/C45H85N2O6P/c1-6-8-10-12-14-16-18-19-20-21-22-23-24-25-26-27-28-29-30-32-34-36-38-44(48)43(42-53-54(50,51)52-41-40-47(3,4)5)46-45(49)39-37-35-33-31-17-15-13-11-9-7-2/h13,15,25-26,29-30,36,38,43-44,48H,6-12,14,16-24,27-28,31-35,37,39-42H2,1-5H3,(H-,46,49,50,51)/p+1/b15-13-,26-25+,30-29+,38-36+. The molecule has 8 nitrogen and oxygen atoms in total. The highest BCUT2D eigenvalue weighted by Crippen LogP contribution is 2.43. The van der Waals surface area contributed by atoms with Crippen LogP contribution in [0.5, 0.6) is 0 Å². The summed E-state index contributed by atoms with van der Waals surface area (Å²) in [5.41, 5.74) is 0. The Labute approximate surface area is 333 Å². The van der Waals surface area contributed by atoms with Gasteiger partial charge in [0.1, 0.15) is 13.2 Å². The van der Waals surface area contributed by atoms with E-state index in [1.54, 1.807) is 6.08 Å².